The molecule has 0 bridgehead atoms. The first-order chi connectivity index (χ1) is 6.95. The van der Waals surface area contributed by atoms with Gasteiger partial charge in [0.25, 0.3) is 0 Å². The standard InChI is InChI=1S/C11H10N2S/c1-2-6-11(7-3-1)14-9-10-5-4-8-12-13-10/h1-8H,9H2. The van der Waals surface area contributed by atoms with Crippen LogP contribution in [0.3, 0.4) is 0 Å². The summed E-state index contributed by atoms with van der Waals surface area (Å²) in [5.41, 5.74) is 1.02. The van der Waals surface area contributed by atoms with E-state index in [9.17, 15) is 0 Å². The highest BCUT2D eigenvalue weighted by atomic mass is 32.2. The third kappa shape index (κ3) is 2.57. The molecule has 1 aromatic carbocycles. The van der Waals surface area contributed by atoms with Crippen molar-refractivity contribution in [3.63, 3.8) is 0 Å². The average Bonchev–Trinajstić information content (AvgIpc) is 2.29. The predicted molar refractivity (Wildman–Crippen MR) is 58.0 cm³/mol. The number of thioether (sulfide) groups is 1. The molecule has 0 unspecified atom stereocenters. The number of rotatable bonds is 3. The van der Waals surface area contributed by atoms with Gasteiger partial charge in [-0.2, -0.15) is 10.2 Å². The third-order valence-corrected chi connectivity index (χ3v) is 2.80. The van der Waals surface area contributed by atoms with Gasteiger partial charge in [-0.3, -0.25) is 0 Å². The molecule has 0 aliphatic rings. The van der Waals surface area contributed by atoms with E-state index in [1.807, 2.05) is 30.3 Å². The largest absolute Gasteiger partial charge is 0.159 e. The van der Waals surface area contributed by atoms with Gasteiger partial charge in [0.05, 0.1) is 5.69 Å². The van der Waals surface area contributed by atoms with Crippen LogP contribution in [0, 0.1) is 0 Å². The van der Waals surface area contributed by atoms with Crippen molar-refractivity contribution in [3.8, 4) is 0 Å². The van der Waals surface area contributed by atoms with E-state index < -0.39 is 0 Å². The molecule has 2 rings (SSSR count). The van der Waals surface area contributed by atoms with E-state index in [4.69, 9.17) is 0 Å². The summed E-state index contributed by atoms with van der Waals surface area (Å²) in [5.74, 6) is 0.873. The third-order valence-electron chi connectivity index (χ3n) is 1.76. The zero-order chi connectivity index (χ0) is 9.64. The number of benzene rings is 1. The van der Waals surface area contributed by atoms with Gasteiger partial charge in [-0.05, 0) is 24.3 Å². The number of aromatic nitrogens is 2. The Morgan fingerprint density at radius 1 is 1.00 bits per heavy atom. The Morgan fingerprint density at radius 2 is 1.86 bits per heavy atom. The van der Waals surface area contributed by atoms with Crippen molar-refractivity contribution in [1.29, 1.82) is 0 Å². The first-order valence-corrected chi connectivity index (χ1v) is 5.38. The lowest BCUT2D eigenvalue weighted by molar-refractivity contribution is 0.971. The molecule has 0 saturated heterocycles. The highest BCUT2D eigenvalue weighted by molar-refractivity contribution is 7.98. The zero-order valence-corrected chi connectivity index (χ0v) is 8.45. The van der Waals surface area contributed by atoms with Gasteiger partial charge >= 0.3 is 0 Å². The Balaban J connectivity index is 1.96. The molecular weight excluding hydrogens is 192 g/mol. The Labute approximate surface area is 87.4 Å². The van der Waals surface area contributed by atoms with Gasteiger partial charge in [0, 0.05) is 16.8 Å². The second-order valence-corrected chi connectivity index (χ2v) is 3.87. The second-order valence-electron chi connectivity index (χ2n) is 2.82. The van der Waals surface area contributed by atoms with Gasteiger partial charge in [-0.1, -0.05) is 18.2 Å². The molecule has 0 N–H and O–H groups in total. The Hall–Kier alpha value is -1.35. The lowest BCUT2D eigenvalue weighted by Gasteiger charge is -1.99. The van der Waals surface area contributed by atoms with Crippen LogP contribution in [0.4, 0.5) is 0 Å². The second kappa shape index (κ2) is 4.77. The van der Waals surface area contributed by atoms with Gasteiger partial charge in [0.2, 0.25) is 0 Å². The number of hydrogen-bond donors (Lipinski definition) is 0. The quantitative estimate of drug-likeness (QED) is 0.716. The summed E-state index contributed by atoms with van der Waals surface area (Å²) in [6, 6.07) is 14.2. The van der Waals surface area contributed by atoms with Crippen LogP contribution in [0.2, 0.25) is 0 Å². The first-order valence-electron chi connectivity index (χ1n) is 4.39. The highest BCUT2D eigenvalue weighted by Gasteiger charge is 1.95. The van der Waals surface area contributed by atoms with E-state index in [0.29, 0.717) is 0 Å². The molecule has 70 valence electrons. The summed E-state index contributed by atoms with van der Waals surface area (Å²) in [7, 11) is 0. The predicted octanol–water partition coefficient (Wildman–Crippen LogP) is 2.77. The molecule has 0 spiro atoms. The van der Waals surface area contributed by atoms with Crippen LogP contribution in [-0.4, -0.2) is 10.2 Å². The molecule has 0 saturated carbocycles. The molecule has 0 aliphatic heterocycles. The van der Waals surface area contributed by atoms with E-state index >= 15 is 0 Å². The summed E-state index contributed by atoms with van der Waals surface area (Å²) in [6.45, 7) is 0. The van der Waals surface area contributed by atoms with Crippen LogP contribution in [0.1, 0.15) is 5.69 Å². The molecule has 2 nitrogen and oxygen atoms in total. The highest BCUT2D eigenvalue weighted by Crippen LogP contribution is 2.20. The van der Waals surface area contributed by atoms with Crippen molar-refractivity contribution in [2.75, 3.05) is 0 Å². The van der Waals surface area contributed by atoms with Crippen molar-refractivity contribution in [3.05, 3.63) is 54.4 Å². The Bertz CT molecular complexity index is 336. The number of nitrogens with zero attached hydrogens (tertiary/aromatic N) is 2. The van der Waals surface area contributed by atoms with E-state index in [1.165, 1.54) is 4.90 Å². The topological polar surface area (TPSA) is 25.8 Å². The van der Waals surface area contributed by atoms with Crippen molar-refractivity contribution in [1.82, 2.24) is 10.2 Å². The summed E-state index contributed by atoms with van der Waals surface area (Å²) in [4.78, 5) is 1.26. The van der Waals surface area contributed by atoms with Gasteiger partial charge < -0.3 is 0 Å². The maximum Gasteiger partial charge on any atom is 0.0733 e. The summed E-state index contributed by atoms with van der Waals surface area (Å²) < 4.78 is 0. The van der Waals surface area contributed by atoms with Gasteiger partial charge in [0.15, 0.2) is 0 Å². The summed E-state index contributed by atoms with van der Waals surface area (Å²) in [5, 5.41) is 7.86. The molecule has 0 amide bonds. The molecule has 0 radical (unpaired) electrons. The monoisotopic (exact) mass is 202 g/mol. The summed E-state index contributed by atoms with van der Waals surface area (Å²) in [6.07, 6.45) is 1.69. The van der Waals surface area contributed by atoms with Crippen LogP contribution in [0.5, 0.6) is 0 Å². The lowest BCUT2D eigenvalue weighted by Crippen LogP contribution is -1.87. The van der Waals surface area contributed by atoms with Crippen LogP contribution < -0.4 is 0 Å². The fourth-order valence-electron chi connectivity index (χ4n) is 1.08. The van der Waals surface area contributed by atoms with Crippen molar-refractivity contribution >= 4 is 11.8 Å². The van der Waals surface area contributed by atoms with Crippen molar-refractivity contribution < 1.29 is 0 Å². The average molecular weight is 202 g/mol. The van der Waals surface area contributed by atoms with Crippen LogP contribution in [0.15, 0.2) is 53.6 Å². The van der Waals surface area contributed by atoms with Crippen LogP contribution in [0.25, 0.3) is 0 Å². The van der Waals surface area contributed by atoms with E-state index in [1.54, 1.807) is 18.0 Å². The zero-order valence-electron chi connectivity index (χ0n) is 7.63. The minimum Gasteiger partial charge on any atom is -0.159 e. The molecule has 14 heavy (non-hydrogen) atoms. The van der Waals surface area contributed by atoms with Crippen LogP contribution >= 0.6 is 11.8 Å². The summed E-state index contributed by atoms with van der Waals surface area (Å²) >= 11 is 1.77. The molecule has 0 atom stereocenters. The van der Waals surface area contributed by atoms with E-state index in [-0.39, 0.29) is 0 Å². The molecule has 3 heteroatoms. The smallest absolute Gasteiger partial charge is 0.0733 e. The lowest BCUT2D eigenvalue weighted by atomic mass is 10.4. The van der Waals surface area contributed by atoms with Gasteiger partial charge in [-0.25, -0.2) is 0 Å². The minimum atomic E-state index is 0.873. The Kier molecular flexibility index (Phi) is 3.14. The van der Waals surface area contributed by atoms with E-state index in [2.05, 4.69) is 22.3 Å². The molecular formula is C11H10N2S. The van der Waals surface area contributed by atoms with Crippen LogP contribution in [-0.2, 0) is 5.75 Å². The maximum atomic E-state index is 4.02. The Morgan fingerprint density at radius 3 is 2.57 bits per heavy atom. The SMILES string of the molecule is c1ccc(SCc2cccnn2)cc1. The molecule has 2 aromatic rings. The van der Waals surface area contributed by atoms with E-state index in [0.717, 1.165) is 11.4 Å². The van der Waals surface area contributed by atoms with Gasteiger partial charge in [-0.15, -0.1) is 11.8 Å². The molecule has 0 aliphatic carbocycles. The molecule has 1 heterocycles. The minimum absolute atomic E-state index is 0.873. The fourth-order valence-corrected chi connectivity index (χ4v) is 1.90. The van der Waals surface area contributed by atoms with Gasteiger partial charge in [0.1, 0.15) is 0 Å². The molecule has 0 fully saturated rings. The normalized spacial score (nSPS) is 10.0. The van der Waals surface area contributed by atoms with Crippen molar-refractivity contribution in [2.45, 2.75) is 10.6 Å². The first kappa shape index (κ1) is 9.21. The number of hydrogen-bond acceptors (Lipinski definition) is 3. The van der Waals surface area contributed by atoms with Crippen molar-refractivity contribution in [2.24, 2.45) is 0 Å². The maximum absolute atomic E-state index is 4.02. The molecule has 1 aromatic heterocycles. The fraction of sp³-hybridized carbons (Fsp3) is 0.0909.